The number of anilines is 1. The highest BCUT2D eigenvalue weighted by Gasteiger charge is 2.15. The maximum Gasteiger partial charge on any atom is 0.295 e. The van der Waals surface area contributed by atoms with Crippen molar-refractivity contribution in [3.05, 3.63) is 30.3 Å². The monoisotopic (exact) mass is 239 g/mol. The van der Waals surface area contributed by atoms with Crippen molar-refractivity contribution in [2.75, 3.05) is 5.73 Å². The number of phenolic OH excluding ortho intramolecular Hbond substituents is 1. The lowest BCUT2D eigenvalue weighted by Crippen LogP contribution is -1.99. The van der Waals surface area contributed by atoms with Gasteiger partial charge in [-0.25, -0.2) is 0 Å². The van der Waals surface area contributed by atoms with Gasteiger partial charge in [-0.15, -0.1) is 0 Å². The number of aromatic hydroxyl groups is 1. The minimum absolute atomic E-state index is 0.125. The first-order chi connectivity index (χ1) is 7.39. The normalized spacial score (nSPS) is 11.8. The van der Waals surface area contributed by atoms with Crippen LogP contribution in [0.15, 0.2) is 35.2 Å². The van der Waals surface area contributed by atoms with Gasteiger partial charge in [0.1, 0.15) is 10.6 Å². The minimum atomic E-state index is -4.33. The van der Waals surface area contributed by atoms with Crippen LogP contribution >= 0.6 is 0 Å². The predicted octanol–water partition coefficient (Wildman–Crippen LogP) is 1.37. The van der Waals surface area contributed by atoms with E-state index in [0.29, 0.717) is 5.39 Å². The molecule has 0 radical (unpaired) electrons. The Bertz CT molecular complexity index is 664. The van der Waals surface area contributed by atoms with Crippen LogP contribution in [0, 0.1) is 0 Å². The number of phenols is 1. The molecule has 2 rings (SSSR count). The van der Waals surface area contributed by atoms with Crippen LogP contribution in [0.5, 0.6) is 5.75 Å². The smallest absolute Gasteiger partial charge is 0.295 e. The second-order valence-corrected chi connectivity index (χ2v) is 4.76. The van der Waals surface area contributed by atoms with Crippen molar-refractivity contribution in [2.24, 2.45) is 0 Å². The first-order valence-corrected chi connectivity index (χ1v) is 5.82. The topological polar surface area (TPSA) is 101 Å². The maximum atomic E-state index is 11.1. The van der Waals surface area contributed by atoms with E-state index in [1.54, 1.807) is 6.07 Å². The van der Waals surface area contributed by atoms with E-state index in [2.05, 4.69) is 0 Å². The number of hydrogen-bond acceptors (Lipinski definition) is 4. The molecule has 0 spiro atoms. The summed E-state index contributed by atoms with van der Waals surface area (Å²) in [6.45, 7) is 0. The Hall–Kier alpha value is -1.79. The van der Waals surface area contributed by atoms with E-state index in [1.165, 1.54) is 24.3 Å². The fourth-order valence-electron chi connectivity index (χ4n) is 1.59. The lowest BCUT2D eigenvalue weighted by atomic mass is 10.1. The van der Waals surface area contributed by atoms with E-state index in [0.717, 1.165) is 0 Å². The molecule has 0 aliphatic rings. The first-order valence-electron chi connectivity index (χ1n) is 4.38. The lowest BCUT2D eigenvalue weighted by molar-refractivity contribution is 0.481. The molecule has 0 aliphatic carbocycles. The van der Waals surface area contributed by atoms with E-state index in [-0.39, 0.29) is 21.7 Å². The molecule has 4 N–H and O–H groups in total. The first kappa shape index (κ1) is 10.7. The van der Waals surface area contributed by atoms with Crippen molar-refractivity contribution in [2.45, 2.75) is 4.90 Å². The third-order valence-electron chi connectivity index (χ3n) is 2.23. The van der Waals surface area contributed by atoms with Crippen molar-refractivity contribution < 1.29 is 18.1 Å². The van der Waals surface area contributed by atoms with Gasteiger partial charge in [0, 0.05) is 22.5 Å². The van der Waals surface area contributed by atoms with Crippen molar-refractivity contribution in [3.8, 4) is 5.75 Å². The van der Waals surface area contributed by atoms with Crippen molar-refractivity contribution in [1.29, 1.82) is 0 Å². The van der Waals surface area contributed by atoms with Crippen LogP contribution in [0.25, 0.3) is 10.8 Å². The van der Waals surface area contributed by atoms with Gasteiger partial charge in [0.15, 0.2) is 0 Å². The number of hydrogen-bond donors (Lipinski definition) is 3. The van der Waals surface area contributed by atoms with Crippen LogP contribution in [0.1, 0.15) is 0 Å². The number of nitrogen functional groups attached to an aromatic ring is 1. The van der Waals surface area contributed by atoms with Crippen LogP contribution in [0.2, 0.25) is 0 Å². The third kappa shape index (κ3) is 1.68. The van der Waals surface area contributed by atoms with Gasteiger partial charge < -0.3 is 10.8 Å². The minimum Gasteiger partial charge on any atom is -0.507 e. The molecular formula is C10H9NO4S. The van der Waals surface area contributed by atoms with E-state index < -0.39 is 10.1 Å². The molecule has 2 aromatic rings. The maximum absolute atomic E-state index is 11.1. The van der Waals surface area contributed by atoms with Crippen LogP contribution < -0.4 is 5.73 Å². The fraction of sp³-hybridized carbons (Fsp3) is 0. The number of fused-ring (bicyclic) bond motifs is 1. The molecule has 0 bridgehead atoms. The molecule has 0 amide bonds. The molecule has 16 heavy (non-hydrogen) atoms. The van der Waals surface area contributed by atoms with Gasteiger partial charge in [-0.05, 0) is 12.1 Å². The summed E-state index contributed by atoms with van der Waals surface area (Å²) >= 11 is 0. The molecule has 84 valence electrons. The van der Waals surface area contributed by atoms with Gasteiger partial charge in [0.05, 0.1) is 0 Å². The lowest BCUT2D eigenvalue weighted by Gasteiger charge is -2.06. The van der Waals surface area contributed by atoms with E-state index >= 15 is 0 Å². The van der Waals surface area contributed by atoms with Gasteiger partial charge in [0.2, 0.25) is 0 Å². The van der Waals surface area contributed by atoms with E-state index in [4.69, 9.17) is 10.3 Å². The molecule has 0 atom stereocenters. The summed E-state index contributed by atoms with van der Waals surface area (Å²) in [6.07, 6.45) is 0. The second-order valence-electron chi connectivity index (χ2n) is 3.37. The third-order valence-corrected chi connectivity index (χ3v) is 3.15. The summed E-state index contributed by atoms with van der Waals surface area (Å²) < 4.78 is 31.2. The van der Waals surface area contributed by atoms with Crippen LogP contribution in [0.4, 0.5) is 5.69 Å². The largest absolute Gasteiger partial charge is 0.507 e. The Morgan fingerprint density at radius 3 is 2.44 bits per heavy atom. The average molecular weight is 239 g/mol. The van der Waals surface area contributed by atoms with Crippen molar-refractivity contribution in [1.82, 2.24) is 0 Å². The van der Waals surface area contributed by atoms with Crippen LogP contribution in [-0.4, -0.2) is 18.1 Å². The van der Waals surface area contributed by atoms with E-state index in [9.17, 15) is 13.5 Å². The van der Waals surface area contributed by atoms with Crippen molar-refractivity contribution in [3.63, 3.8) is 0 Å². The Labute approximate surface area is 91.9 Å². The summed E-state index contributed by atoms with van der Waals surface area (Å²) in [5.74, 6) is -0.125. The summed E-state index contributed by atoms with van der Waals surface area (Å²) in [7, 11) is -4.33. The molecular weight excluding hydrogens is 230 g/mol. The average Bonchev–Trinajstić information content (AvgIpc) is 2.15. The van der Waals surface area contributed by atoms with Gasteiger partial charge >= 0.3 is 0 Å². The standard InChI is InChI=1S/C10H9NO4S/c11-6-4-8-7(9(12)5-6)2-1-3-10(8)16(13,14)15/h1-5,12H,11H2,(H,13,14,15). The molecule has 2 aromatic carbocycles. The zero-order valence-corrected chi connectivity index (χ0v) is 8.90. The highest BCUT2D eigenvalue weighted by molar-refractivity contribution is 7.86. The molecule has 0 heterocycles. The second kappa shape index (κ2) is 3.36. The quantitative estimate of drug-likeness (QED) is 0.515. The van der Waals surface area contributed by atoms with E-state index in [1.807, 2.05) is 0 Å². The highest BCUT2D eigenvalue weighted by atomic mass is 32.2. The summed E-state index contributed by atoms with van der Waals surface area (Å²) in [5, 5.41) is 10.1. The number of benzene rings is 2. The van der Waals surface area contributed by atoms with Gasteiger partial charge in [0.25, 0.3) is 10.1 Å². The summed E-state index contributed by atoms with van der Waals surface area (Å²) in [6, 6.07) is 6.92. The Balaban J connectivity index is 2.98. The molecule has 0 saturated heterocycles. The number of rotatable bonds is 1. The Morgan fingerprint density at radius 1 is 1.12 bits per heavy atom. The molecule has 0 fully saturated rings. The van der Waals surface area contributed by atoms with Crippen molar-refractivity contribution >= 4 is 26.6 Å². The zero-order chi connectivity index (χ0) is 11.9. The molecule has 0 saturated carbocycles. The summed E-state index contributed by atoms with van der Waals surface area (Å²) in [5.41, 5.74) is 5.72. The Kier molecular flexibility index (Phi) is 2.25. The van der Waals surface area contributed by atoms with Crippen LogP contribution in [0.3, 0.4) is 0 Å². The fourth-order valence-corrected chi connectivity index (χ4v) is 2.28. The van der Waals surface area contributed by atoms with Gasteiger partial charge in [-0.2, -0.15) is 8.42 Å². The number of nitrogens with two attached hydrogens (primary N) is 1. The predicted molar refractivity (Wildman–Crippen MR) is 59.8 cm³/mol. The highest BCUT2D eigenvalue weighted by Crippen LogP contribution is 2.31. The molecule has 0 aliphatic heterocycles. The van der Waals surface area contributed by atoms with Crippen LogP contribution in [-0.2, 0) is 10.1 Å². The molecule has 6 heteroatoms. The molecule has 0 aromatic heterocycles. The van der Waals surface area contributed by atoms with Gasteiger partial charge in [-0.3, -0.25) is 4.55 Å². The summed E-state index contributed by atoms with van der Waals surface area (Å²) in [4.78, 5) is -0.271. The van der Waals surface area contributed by atoms with Gasteiger partial charge in [-0.1, -0.05) is 12.1 Å². The molecule has 0 unspecified atom stereocenters. The Morgan fingerprint density at radius 2 is 1.81 bits per heavy atom. The molecule has 5 nitrogen and oxygen atoms in total. The zero-order valence-electron chi connectivity index (χ0n) is 8.08. The SMILES string of the molecule is Nc1cc(O)c2cccc(S(=O)(=O)O)c2c1.